The molecule has 0 spiro atoms. The first-order valence-electron chi connectivity index (χ1n) is 7.78. The predicted octanol–water partition coefficient (Wildman–Crippen LogP) is 3.37. The molecule has 0 saturated carbocycles. The van der Waals surface area contributed by atoms with Crippen LogP contribution in [0.3, 0.4) is 0 Å². The zero-order chi connectivity index (χ0) is 18.1. The average Bonchev–Trinajstić information content (AvgIpc) is 2.61. The van der Waals surface area contributed by atoms with Gasteiger partial charge < -0.3 is 15.4 Å². The van der Waals surface area contributed by atoms with Gasteiger partial charge in [-0.2, -0.15) is 0 Å². The minimum atomic E-state index is -0.404. The van der Waals surface area contributed by atoms with Crippen molar-refractivity contribution in [3.05, 3.63) is 78.5 Å². The molecule has 0 atom stereocenters. The van der Waals surface area contributed by atoms with E-state index < -0.39 is 5.91 Å². The first kappa shape index (κ1) is 18.0. The average molecular weight is 336 g/mol. The minimum Gasteiger partial charge on any atom is -0.490 e. The Morgan fingerprint density at radius 2 is 1.76 bits per heavy atom. The second kappa shape index (κ2) is 9.08. The first-order valence-corrected chi connectivity index (χ1v) is 7.78. The lowest BCUT2D eigenvalue weighted by molar-refractivity contribution is -0.120. The molecule has 5 nitrogen and oxygen atoms in total. The van der Waals surface area contributed by atoms with Gasteiger partial charge in [0.1, 0.15) is 18.1 Å². The number of hydrogen-bond donors (Lipinski definition) is 2. The number of anilines is 1. The van der Waals surface area contributed by atoms with Crippen molar-refractivity contribution in [2.24, 2.45) is 0 Å². The summed E-state index contributed by atoms with van der Waals surface area (Å²) >= 11 is 0. The molecule has 0 aliphatic carbocycles. The van der Waals surface area contributed by atoms with E-state index in [0.717, 1.165) is 5.56 Å². The smallest absolute Gasteiger partial charge is 0.272 e. The zero-order valence-corrected chi connectivity index (χ0v) is 14.0. The number of rotatable bonds is 7. The lowest BCUT2D eigenvalue weighted by Crippen LogP contribution is -2.28. The fraction of sp³-hybridized carbons (Fsp3) is 0.100. The van der Waals surface area contributed by atoms with Crippen molar-refractivity contribution in [2.45, 2.75) is 6.92 Å². The quantitative estimate of drug-likeness (QED) is 0.602. The monoisotopic (exact) mass is 336 g/mol. The third-order valence-corrected chi connectivity index (χ3v) is 3.15. The second-order valence-electron chi connectivity index (χ2n) is 5.23. The molecule has 2 rings (SSSR count). The van der Waals surface area contributed by atoms with E-state index in [-0.39, 0.29) is 11.6 Å². The van der Waals surface area contributed by atoms with Gasteiger partial charge in [0, 0.05) is 12.6 Å². The molecule has 2 amide bonds. The van der Waals surface area contributed by atoms with Crippen LogP contribution in [0.1, 0.15) is 12.5 Å². The number of carbonyl (C=O) groups is 2. The molecule has 25 heavy (non-hydrogen) atoms. The number of ether oxygens (including phenoxy) is 1. The summed E-state index contributed by atoms with van der Waals surface area (Å²) in [5.74, 6) is -0.0378. The molecule has 0 aliphatic heterocycles. The fourth-order valence-electron chi connectivity index (χ4n) is 2.05. The van der Waals surface area contributed by atoms with Gasteiger partial charge >= 0.3 is 0 Å². The molecule has 0 bridgehead atoms. The molecule has 0 aliphatic rings. The molecule has 0 aromatic heterocycles. The van der Waals surface area contributed by atoms with Crippen LogP contribution in [0.25, 0.3) is 6.08 Å². The van der Waals surface area contributed by atoms with Gasteiger partial charge in [0.15, 0.2) is 0 Å². The predicted molar refractivity (Wildman–Crippen MR) is 99.0 cm³/mol. The van der Waals surface area contributed by atoms with Crippen LogP contribution in [-0.2, 0) is 9.59 Å². The zero-order valence-electron chi connectivity index (χ0n) is 14.0. The van der Waals surface area contributed by atoms with Gasteiger partial charge in [-0.15, -0.1) is 0 Å². The highest BCUT2D eigenvalue weighted by atomic mass is 16.5. The van der Waals surface area contributed by atoms with Gasteiger partial charge in [0.25, 0.3) is 5.91 Å². The van der Waals surface area contributed by atoms with Crippen LogP contribution in [0.4, 0.5) is 5.69 Å². The minimum absolute atomic E-state index is 0.172. The molecule has 2 N–H and O–H groups in total. The van der Waals surface area contributed by atoms with Crippen LogP contribution in [-0.4, -0.2) is 18.4 Å². The first-order chi connectivity index (χ1) is 12.1. The summed E-state index contributed by atoms with van der Waals surface area (Å²) in [4.78, 5) is 23.9. The standard InChI is InChI=1S/C20H20N2O3/c1-3-13-25-18-11-9-17(10-12-18)22-20(24)19(21-15(2)23)14-16-7-5-4-6-8-16/h3-12,14H,1,13H2,2H3,(H,21,23)(H,22,24). The van der Waals surface area contributed by atoms with Crippen molar-refractivity contribution in [3.63, 3.8) is 0 Å². The lowest BCUT2D eigenvalue weighted by atomic mass is 10.2. The van der Waals surface area contributed by atoms with Gasteiger partial charge in [-0.3, -0.25) is 9.59 Å². The molecular formula is C20H20N2O3. The Labute approximate surface area is 147 Å². The van der Waals surface area contributed by atoms with Crippen LogP contribution < -0.4 is 15.4 Å². The highest BCUT2D eigenvalue weighted by molar-refractivity contribution is 6.08. The third kappa shape index (κ3) is 5.99. The SMILES string of the molecule is C=CCOc1ccc(NC(=O)C(=Cc2ccccc2)NC(C)=O)cc1. The van der Waals surface area contributed by atoms with Gasteiger partial charge in [-0.25, -0.2) is 0 Å². The Morgan fingerprint density at radius 3 is 2.36 bits per heavy atom. The normalized spacial score (nSPS) is 10.7. The number of hydrogen-bond acceptors (Lipinski definition) is 3. The van der Waals surface area contributed by atoms with E-state index >= 15 is 0 Å². The van der Waals surface area contributed by atoms with Gasteiger partial charge in [0.2, 0.25) is 5.91 Å². The molecule has 5 heteroatoms. The van der Waals surface area contributed by atoms with Crippen molar-refractivity contribution < 1.29 is 14.3 Å². The van der Waals surface area contributed by atoms with Crippen LogP contribution in [0, 0.1) is 0 Å². The summed E-state index contributed by atoms with van der Waals surface area (Å²) in [6.07, 6.45) is 3.28. The highest BCUT2D eigenvalue weighted by Crippen LogP contribution is 2.16. The molecule has 0 fully saturated rings. The summed E-state index contributed by atoms with van der Waals surface area (Å²) in [5, 5.41) is 5.32. The van der Waals surface area contributed by atoms with E-state index in [1.165, 1.54) is 6.92 Å². The van der Waals surface area contributed by atoms with E-state index in [1.54, 1.807) is 36.4 Å². The number of benzene rings is 2. The Hall–Kier alpha value is -3.34. The maximum absolute atomic E-state index is 12.5. The second-order valence-corrected chi connectivity index (χ2v) is 5.23. The van der Waals surface area contributed by atoms with Crippen LogP contribution in [0.15, 0.2) is 72.9 Å². The molecule has 0 saturated heterocycles. The van der Waals surface area contributed by atoms with Crippen molar-refractivity contribution in [2.75, 3.05) is 11.9 Å². The summed E-state index contributed by atoms with van der Waals surface area (Å²) in [7, 11) is 0. The van der Waals surface area contributed by atoms with Gasteiger partial charge in [0.05, 0.1) is 0 Å². The van der Waals surface area contributed by atoms with Crippen molar-refractivity contribution in [3.8, 4) is 5.75 Å². The number of amides is 2. The summed E-state index contributed by atoms with van der Waals surface area (Å²) < 4.78 is 5.40. The Morgan fingerprint density at radius 1 is 1.08 bits per heavy atom. The Balaban J connectivity index is 2.12. The van der Waals surface area contributed by atoms with E-state index in [2.05, 4.69) is 17.2 Å². The summed E-state index contributed by atoms with van der Waals surface area (Å²) in [6.45, 7) is 5.36. The molecule has 0 radical (unpaired) electrons. The fourth-order valence-corrected chi connectivity index (χ4v) is 2.05. The van der Waals surface area contributed by atoms with Gasteiger partial charge in [-0.05, 0) is 35.9 Å². The third-order valence-electron chi connectivity index (χ3n) is 3.15. The summed E-state index contributed by atoms with van der Waals surface area (Å²) in [6, 6.07) is 16.2. The maximum atomic E-state index is 12.5. The molecular weight excluding hydrogens is 316 g/mol. The van der Waals surface area contributed by atoms with Crippen LogP contribution in [0.2, 0.25) is 0 Å². The van der Waals surface area contributed by atoms with Crippen LogP contribution >= 0.6 is 0 Å². The molecule has 0 unspecified atom stereocenters. The lowest BCUT2D eigenvalue weighted by Gasteiger charge is -2.10. The Kier molecular flexibility index (Phi) is 6.54. The molecule has 2 aromatic carbocycles. The summed E-state index contributed by atoms with van der Waals surface area (Å²) in [5.41, 5.74) is 1.58. The van der Waals surface area contributed by atoms with Crippen molar-refractivity contribution in [1.29, 1.82) is 0 Å². The molecule has 2 aromatic rings. The Bertz CT molecular complexity index is 765. The number of nitrogens with one attached hydrogen (secondary N) is 2. The largest absolute Gasteiger partial charge is 0.490 e. The maximum Gasteiger partial charge on any atom is 0.272 e. The van der Waals surface area contributed by atoms with E-state index in [4.69, 9.17) is 4.74 Å². The highest BCUT2D eigenvalue weighted by Gasteiger charge is 2.11. The molecule has 128 valence electrons. The van der Waals surface area contributed by atoms with Crippen LogP contribution in [0.5, 0.6) is 5.75 Å². The van der Waals surface area contributed by atoms with Crippen molar-refractivity contribution >= 4 is 23.6 Å². The van der Waals surface area contributed by atoms with E-state index in [1.807, 2.05) is 30.3 Å². The molecule has 0 heterocycles. The van der Waals surface area contributed by atoms with Gasteiger partial charge in [-0.1, -0.05) is 43.0 Å². The topological polar surface area (TPSA) is 67.4 Å². The van der Waals surface area contributed by atoms with E-state index in [0.29, 0.717) is 18.0 Å². The number of carbonyl (C=O) groups excluding carboxylic acids is 2. The van der Waals surface area contributed by atoms with Crippen molar-refractivity contribution in [1.82, 2.24) is 5.32 Å². The van der Waals surface area contributed by atoms with E-state index in [9.17, 15) is 9.59 Å².